The smallest absolute Gasteiger partial charge is 0.142 e. The topological polar surface area (TPSA) is 29.1 Å². The van der Waals surface area contributed by atoms with Gasteiger partial charge in [-0.3, -0.25) is 4.79 Å². The molecule has 0 atom stereocenters. The molecule has 0 aromatic heterocycles. The summed E-state index contributed by atoms with van der Waals surface area (Å²) in [6.45, 7) is 5.37. The van der Waals surface area contributed by atoms with Crippen molar-refractivity contribution in [3.05, 3.63) is 78.9 Å². The Labute approximate surface area is 162 Å². The number of fused-ring (bicyclic) bond motifs is 1. The van der Waals surface area contributed by atoms with E-state index in [1.165, 1.54) is 59.2 Å². The molecule has 0 fully saturated rings. The molecule has 2 nitrogen and oxygen atoms in total. The van der Waals surface area contributed by atoms with Crippen molar-refractivity contribution >= 4 is 22.7 Å². The fourth-order valence-electron chi connectivity index (χ4n) is 3.04. The first kappa shape index (κ1) is 20.4. The summed E-state index contributed by atoms with van der Waals surface area (Å²) in [6.07, 6.45) is 6.91. The second-order valence-corrected chi connectivity index (χ2v) is 6.55. The fourth-order valence-corrected chi connectivity index (χ4v) is 3.04. The Morgan fingerprint density at radius 1 is 0.889 bits per heavy atom. The summed E-state index contributed by atoms with van der Waals surface area (Å²) in [5.41, 5.74) is 5.14. The van der Waals surface area contributed by atoms with Crippen LogP contribution in [-0.2, 0) is 11.2 Å². The van der Waals surface area contributed by atoms with Gasteiger partial charge in [-0.25, -0.2) is 0 Å². The molecule has 0 unspecified atom stereocenters. The Balaban J connectivity index is 0.000000596. The van der Waals surface area contributed by atoms with Gasteiger partial charge in [0.25, 0.3) is 0 Å². The van der Waals surface area contributed by atoms with E-state index in [-0.39, 0.29) is 0 Å². The highest BCUT2D eigenvalue weighted by molar-refractivity contribution is 5.88. The zero-order chi connectivity index (χ0) is 19.5. The van der Waals surface area contributed by atoms with E-state index in [2.05, 4.69) is 79.5 Å². The molecule has 3 rings (SSSR count). The molecule has 3 aromatic carbocycles. The number of rotatable bonds is 7. The van der Waals surface area contributed by atoms with Gasteiger partial charge in [0, 0.05) is 12.7 Å². The first-order valence-corrected chi connectivity index (χ1v) is 9.59. The Morgan fingerprint density at radius 3 is 2.15 bits per heavy atom. The van der Waals surface area contributed by atoms with Gasteiger partial charge in [0.1, 0.15) is 6.29 Å². The van der Waals surface area contributed by atoms with Crippen LogP contribution < -0.4 is 5.32 Å². The lowest BCUT2D eigenvalue weighted by Crippen LogP contribution is -1.88. The van der Waals surface area contributed by atoms with Crippen molar-refractivity contribution in [1.29, 1.82) is 0 Å². The van der Waals surface area contributed by atoms with Gasteiger partial charge in [-0.1, -0.05) is 68.8 Å². The summed E-state index contributed by atoms with van der Waals surface area (Å²) in [7, 11) is 1.95. The molecule has 140 valence electrons. The van der Waals surface area contributed by atoms with E-state index in [9.17, 15) is 0 Å². The molecule has 2 heteroatoms. The molecular weight excluding hydrogens is 330 g/mol. The minimum atomic E-state index is 0.639. The van der Waals surface area contributed by atoms with Crippen molar-refractivity contribution in [3.63, 3.8) is 0 Å². The second kappa shape index (κ2) is 11.0. The van der Waals surface area contributed by atoms with E-state index in [0.29, 0.717) is 6.29 Å². The van der Waals surface area contributed by atoms with Crippen molar-refractivity contribution in [3.8, 4) is 11.1 Å². The fraction of sp³-hybridized carbons (Fsp3) is 0.240. The average molecular weight is 360 g/mol. The monoisotopic (exact) mass is 359 g/mol. The zero-order valence-electron chi connectivity index (χ0n) is 16.4. The summed E-state index contributed by atoms with van der Waals surface area (Å²) in [4.78, 5) is 9.06. The minimum absolute atomic E-state index is 0.639. The maximum atomic E-state index is 9.06. The van der Waals surface area contributed by atoms with Crippen LogP contribution in [0.2, 0.25) is 0 Å². The van der Waals surface area contributed by atoms with E-state index >= 15 is 0 Å². The van der Waals surface area contributed by atoms with Gasteiger partial charge in [-0.15, -0.1) is 0 Å². The predicted octanol–water partition coefficient (Wildman–Crippen LogP) is 6.65. The van der Waals surface area contributed by atoms with Gasteiger partial charge in [-0.05, 0) is 64.6 Å². The summed E-state index contributed by atoms with van der Waals surface area (Å²) >= 11 is 0. The summed E-state index contributed by atoms with van der Waals surface area (Å²) in [5.74, 6) is 0. The number of anilines is 1. The zero-order valence-corrected chi connectivity index (χ0v) is 16.4. The molecule has 0 saturated carbocycles. The highest BCUT2D eigenvalue weighted by Gasteiger charge is 2.02. The van der Waals surface area contributed by atoms with Crippen LogP contribution in [0.1, 0.15) is 31.7 Å². The van der Waals surface area contributed by atoms with Crippen LogP contribution in [0.5, 0.6) is 0 Å². The van der Waals surface area contributed by atoms with Crippen molar-refractivity contribution in [2.75, 3.05) is 12.4 Å². The number of aryl methyl sites for hydroxylation is 1. The molecule has 27 heavy (non-hydrogen) atoms. The van der Waals surface area contributed by atoms with E-state index < -0.39 is 0 Å². The Kier molecular flexibility index (Phi) is 8.31. The number of carbonyl (C=O) groups is 1. The molecule has 0 amide bonds. The number of hydrogen-bond acceptors (Lipinski definition) is 2. The molecule has 0 radical (unpaired) electrons. The average Bonchev–Trinajstić information content (AvgIpc) is 2.74. The van der Waals surface area contributed by atoms with Gasteiger partial charge in [0.2, 0.25) is 0 Å². The lowest BCUT2D eigenvalue weighted by atomic mass is 9.98. The van der Waals surface area contributed by atoms with Crippen LogP contribution in [0.25, 0.3) is 21.9 Å². The first-order valence-electron chi connectivity index (χ1n) is 9.59. The quantitative estimate of drug-likeness (QED) is 0.290. The standard InChI is InChI=1S/C22H25N.C3H4O/c1-3-4-5-6-17-7-8-21-16-20(10-9-19(21)15-17)18-11-13-22(23-2)14-12-18;1-2-3-4/h7-16,23H,3-6H2,1-2H3;2-3H,1H2. The molecule has 0 aliphatic carbocycles. The van der Waals surface area contributed by atoms with Crippen LogP contribution in [0.15, 0.2) is 73.3 Å². The van der Waals surface area contributed by atoms with E-state index in [1.807, 2.05) is 7.05 Å². The van der Waals surface area contributed by atoms with Crippen molar-refractivity contribution in [1.82, 2.24) is 0 Å². The molecule has 0 aliphatic rings. The summed E-state index contributed by atoms with van der Waals surface area (Å²) in [5, 5.41) is 5.82. The molecule has 0 spiro atoms. The van der Waals surface area contributed by atoms with E-state index in [0.717, 1.165) is 5.69 Å². The number of allylic oxidation sites excluding steroid dienone is 1. The normalized spacial score (nSPS) is 10.0. The van der Waals surface area contributed by atoms with Crippen molar-refractivity contribution in [2.24, 2.45) is 0 Å². The van der Waals surface area contributed by atoms with Crippen LogP contribution >= 0.6 is 0 Å². The van der Waals surface area contributed by atoms with Gasteiger partial charge in [0.05, 0.1) is 0 Å². The van der Waals surface area contributed by atoms with Crippen LogP contribution in [-0.4, -0.2) is 13.3 Å². The maximum absolute atomic E-state index is 9.06. The van der Waals surface area contributed by atoms with Crippen molar-refractivity contribution < 1.29 is 4.79 Å². The van der Waals surface area contributed by atoms with Gasteiger partial charge >= 0.3 is 0 Å². The van der Waals surface area contributed by atoms with E-state index in [4.69, 9.17) is 4.79 Å². The minimum Gasteiger partial charge on any atom is -0.388 e. The molecule has 0 bridgehead atoms. The van der Waals surface area contributed by atoms with Crippen LogP contribution in [0, 0.1) is 0 Å². The Bertz CT molecular complexity index is 859. The van der Waals surface area contributed by atoms with Gasteiger partial charge < -0.3 is 5.32 Å². The molecule has 1 N–H and O–H groups in total. The Hall–Kier alpha value is -2.87. The third-order valence-electron chi connectivity index (χ3n) is 4.58. The van der Waals surface area contributed by atoms with Gasteiger partial charge in [-0.2, -0.15) is 0 Å². The summed E-state index contributed by atoms with van der Waals surface area (Å²) < 4.78 is 0. The number of benzene rings is 3. The number of unbranched alkanes of at least 4 members (excludes halogenated alkanes) is 2. The summed E-state index contributed by atoms with van der Waals surface area (Å²) in [6, 6.07) is 22.3. The number of nitrogens with one attached hydrogen (secondary N) is 1. The highest BCUT2D eigenvalue weighted by atomic mass is 16.1. The van der Waals surface area contributed by atoms with Crippen LogP contribution in [0.4, 0.5) is 5.69 Å². The molecule has 0 aliphatic heterocycles. The molecular formula is C25H29NO. The first-order chi connectivity index (χ1) is 13.2. The number of hydrogen-bond donors (Lipinski definition) is 1. The number of carbonyl (C=O) groups excluding carboxylic acids is 1. The largest absolute Gasteiger partial charge is 0.388 e. The molecule has 0 heterocycles. The molecule has 0 saturated heterocycles. The SMILES string of the molecule is C=CC=O.CCCCCc1ccc2cc(-c3ccc(NC)cc3)ccc2c1. The molecule has 3 aromatic rings. The third-order valence-corrected chi connectivity index (χ3v) is 4.58. The Morgan fingerprint density at radius 2 is 1.52 bits per heavy atom. The van der Waals surface area contributed by atoms with E-state index in [1.54, 1.807) is 0 Å². The van der Waals surface area contributed by atoms with Crippen molar-refractivity contribution in [2.45, 2.75) is 32.6 Å². The maximum Gasteiger partial charge on any atom is 0.142 e. The van der Waals surface area contributed by atoms with Crippen LogP contribution in [0.3, 0.4) is 0 Å². The van der Waals surface area contributed by atoms with Gasteiger partial charge in [0.15, 0.2) is 0 Å². The number of aldehydes is 1. The lowest BCUT2D eigenvalue weighted by molar-refractivity contribution is -0.104. The second-order valence-electron chi connectivity index (χ2n) is 6.55. The predicted molar refractivity (Wildman–Crippen MR) is 118 cm³/mol. The third kappa shape index (κ3) is 6.10. The lowest BCUT2D eigenvalue weighted by Gasteiger charge is -2.08. The highest BCUT2D eigenvalue weighted by Crippen LogP contribution is 2.26.